The lowest BCUT2D eigenvalue weighted by atomic mass is 10.0. The van der Waals surface area contributed by atoms with Crippen LogP contribution in [0.1, 0.15) is 389 Å². The van der Waals surface area contributed by atoms with Gasteiger partial charge in [-0.2, -0.15) is 0 Å². The lowest BCUT2D eigenvalue weighted by Gasteiger charge is -2.23. The summed E-state index contributed by atoms with van der Waals surface area (Å²) in [5.41, 5.74) is 0. The normalized spacial score (nSPS) is 16.8. The predicted molar refractivity (Wildman–Crippen MR) is 463 cm³/mol. The van der Waals surface area contributed by atoms with Crippen LogP contribution in [0.15, 0.2) is 24.3 Å². The second kappa shape index (κ2) is 74.9. The van der Waals surface area contributed by atoms with E-state index in [0.29, 0.717) is 51.4 Å². The van der Waals surface area contributed by atoms with Gasteiger partial charge in [-0.25, -0.2) is 9.13 Å². The maximum absolute atomic E-state index is 13.9. The Labute approximate surface area is 707 Å². The molecule has 0 aromatic heterocycles. The van der Waals surface area contributed by atoms with E-state index in [0.717, 1.165) is 167 Å². The molecule has 686 valence electrons. The second-order valence-corrected chi connectivity index (χ2v) is 35.4. The van der Waals surface area contributed by atoms with E-state index < -0.39 is 120 Å². The first-order valence-electron chi connectivity index (χ1n) is 46.4. The Hall–Kier alpha value is -3.72. The van der Waals surface area contributed by atoms with Crippen molar-refractivity contribution in [3.8, 4) is 0 Å². The lowest BCUT2D eigenvalue weighted by molar-refractivity contribution is -0.159. The molecule has 1 saturated heterocycles. The van der Waals surface area contributed by atoms with Crippen LogP contribution in [0.2, 0.25) is 0 Å². The molecule has 4 unspecified atom stereocenters. The van der Waals surface area contributed by atoms with Gasteiger partial charge in [0.15, 0.2) is 18.0 Å². The largest absolute Gasteiger partial charge is 0.472 e. The molecule has 10 atom stereocenters. The Balaban J connectivity index is 3.11. The van der Waals surface area contributed by atoms with Gasteiger partial charge in [-0.15, -0.1) is 0 Å². The third-order valence-corrected chi connectivity index (χ3v) is 22.6. The Morgan fingerprint density at radius 2 is 0.667 bits per heavy atom. The molecule has 28 heteroatoms. The monoisotopic (exact) mass is 1710 g/mol. The minimum absolute atomic E-state index is 0.133. The molecule has 1 heterocycles. The molecule has 0 aromatic rings. The van der Waals surface area contributed by atoms with E-state index in [1.54, 1.807) is 0 Å². The highest BCUT2D eigenvalue weighted by Crippen LogP contribution is 2.44. The maximum atomic E-state index is 13.9. The van der Waals surface area contributed by atoms with Crippen LogP contribution in [-0.2, 0) is 84.4 Å². The van der Waals surface area contributed by atoms with Crippen LogP contribution >= 0.6 is 15.6 Å². The van der Waals surface area contributed by atoms with Gasteiger partial charge in [-0.3, -0.25) is 46.9 Å². The topological polar surface area (TPSA) is 358 Å². The summed E-state index contributed by atoms with van der Waals surface area (Å²) in [5.74, 6) is -4.88. The quantitative estimate of drug-likeness (QED) is 0.0121. The van der Waals surface area contributed by atoms with E-state index in [1.165, 1.54) is 104 Å². The van der Waals surface area contributed by atoms with Crippen molar-refractivity contribution in [2.24, 2.45) is 0 Å². The molecule has 0 bridgehead atoms. The third kappa shape index (κ3) is 67.5. The fraction of sp³-hybridized carbons (Fsp3) is 0.888. The molecule has 0 saturated carbocycles. The molecule has 117 heavy (non-hydrogen) atoms. The number of amides is 4. The molecule has 4 amide bonds. The summed E-state index contributed by atoms with van der Waals surface area (Å²) < 4.78 is 83.5. The number of unbranched alkanes of at least 4 members (excludes halogenated alkanes) is 34. The molecule has 0 radical (unpaired) electrons. The summed E-state index contributed by atoms with van der Waals surface area (Å²) >= 11 is 0. The molecule has 26 nitrogen and oxygen atoms in total. The molecule has 0 spiro atoms. The van der Waals surface area contributed by atoms with Gasteiger partial charge in [-0.05, 0) is 117 Å². The van der Waals surface area contributed by atoms with Gasteiger partial charge in [-0.1, -0.05) is 271 Å². The molecular weight excluding hydrogens is 1540 g/mol. The summed E-state index contributed by atoms with van der Waals surface area (Å²) in [7, 11) is -9.77. The molecule has 0 aliphatic carbocycles. The lowest BCUT2D eigenvalue weighted by Crippen LogP contribution is -2.48. The number of carbonyl (C=O) groups is 6. The highest BCUT2D eigenvalue weighted by Gasteiger charge is 2.49. The maximum Gasteiger partial charge on any atom is 0.472 e. The van der Waals surface area contributed by atoms with E-state index in [2.05, 4.69) is 87.1 Å². The van der Waals surface area contributed by atoms with E-state index >= 15 is 0 Å². The number of hydrogen-bond acceptors (Lipinski definition) is 20. The van der Waals surface area contributed by atoms with E-state index in [1.807, 2.05) is 0 Å². The Morgan fingerprint density at radius 1 is 0.376 bits per heavy atom. The van der Waals surface area contributed by atoms with Crippen LogP contribution in [0.3, 0.4) is 0 Å². The average Bonchev–Trinajstić information content (AvgIpc) is 1.66. The van der Waals surface area contributed by atoms with Crippen molar-refractivity contribution < 1.29 is 104 Å². The first kappa shape index (κ1) is 111. The van der Waals surface area contributed by atoms with Crippen molar-refractivity contribution in [3.63, 3.8) is 0 Å². The molecule has 1 rings (SSSR count). The number of nitrogens with one attached hydrogen (secondary N) is 4. The van der Waals surface area contributed by atoms with Gasteiger partial charge < -0.3 is 69.7 Å². The van der Waals surface area contributed by atoms with Crippen LogP contribution in [0, 0.1) is 0 Å². The number of rotatable bonds is 84. The summed E-state index contributed by atoms with van der Waals surface area (Å²) in [6, 6.07) is -1.97. The van der Waals surface area contributed by atoms with E-state index in [9.17, 15) is 57.9 Å². The van der Waals surface area contributed by atoms with Crippen LogP contribution in [0.25, 0.3) is 0 Å². The summed E-state index contributed by atoms with van der Waals surface area (Å²) in [6.45, 7) is 13.0. The van der Waals surface area contributed by atoms with Crippen LogP contribution in [0.4, 0.5) is 0 Å². The zero-order chi connectivity index (χ0) is 86.2. The van der Waals surface area contributed by atoms with Crippen molar-refractivity contribution in [1.29, 1.82) is 0 Å². The van der Waals surface area contributed by atoms with Crippen LogP contribution in [0.5, 0.6) is 0 Å². The number of aliphatic hydroxyl groups is 2. The minimum Gasteiger partial charge on any atom is -0.462 e. The molecule has 1 aliphatic rings. The fourth-order valence-corrected chi connectivity index (χ4v) is 15.2. The highest BCUT2D eigenvalue weighted by molar-refractivity contribution is 7.47. The van der Waals surface area contributed by atoms with Crippen molar-refractivity contribution in [2.75, 3.05) is 65.9 Å². The smallest absolute Gasteiger partial charge is 0.462 e. The van der Waals surface area contributed by atoms with Crippen molar-refractivity contribution in [1.82, 2.24) is 21.3 Å². The van der Waals surface area contributed by atoms with Gasteiger partial charge >= 0.3 is 27.6 Å². The number of phosphoric ester groups is 2. The number of ether oxygens (including phenoxy) is 6. The zero-order valence-corrected chi connectivity index (χ0v) is 76.1. The van der Waals surface area contributed by atoms with Crippen molar-refractivity contribution >= 4 is 51.2 Å². The minimum atomic E-state index is -4.88. The highest BCUT2D eigenvalue weighted by atomic mass is 31.2. The van der Waals surface area contributed by atoms with Gasteiger partial charge in [0.25, 0.3) is 11.8 Å². The summed E-state index contributed by atoms with van der Waals surface area (Å²) in [4.78, 5) is 103. The second-order valence-electron chi connectivity index (χ2n) is 32.5. The molecule has 1 fully saturated rings. The van der Waals surface area contributed by atoms with Gasteiger partial charge in [0, 0.05) is 39.1 Å². The van der Waals surface area contributed by atoms with Gasteiger partial charge in [0.1, 0.15) is 12.2 Å². The van der Waals surface area contributed by atoms with E-state index in [-0.39, 0.29) is 77.1 Å². The first-order chi connectivity index (χ1) is 56.4. The molecule has 0 aromatic carbocycles. The number of esters is 2. The third-order valence-electron chi connectivity index (χ3n) is 20.6. The SMILES string of the molecule is CCCCCC/C=C/CCCC(=O)O[C@H](CCCCCCCCCCC)CC(=O)NC(COCC[C@H](O)CCCCCCC)COP(=O)(O)OCCNC(=O)[C@H]1OC(C)(C)O[C@H]1C(=O)NCCOP(=O)(O)OCC(COCC[C@H](O)CCCCCCC)NC(=O)C[C@@H](CCCCCCCCCCC)OC(=O)CCC/C=C/CCCCCC. The Kier molecular flexibility index (Phi) is 71.2. The van der Waals surface area contributed by atoms with Crippen molar-refractivity contribution in [3.05, 3.63) is 24.3 Å². The number of aliphatic hydroxyl groups excluding tert-OH is 2. The first-order valence-corrected chi connectivity index (χ1v) is 49.3. The Morgan fingerprint density at radius 3 is 0.991 bits per heavy atom. The molecule has 1 aliphatic heterocycles. The zero-order valence-electron chi connectivity index (χ0n) is 74.3. The fourth-order valence-electron chi connectivity index (χ4n) is 13.7. The number of hydrogen-bond donors (Lipinski definition) is 8. The summed E-state index contributed by atoms with van der Waals surface area (Å²) in [5, 5.41) is 32.1. The number of carbonyl (C=O) groups excluding carboxylic acids is 6. The van der Waals surface area contributed by atoms with Crippen LogP contribution in [-0.4, -0.2) is 176 Å². The van der Waals surface area contributed by atoms with Gasteiger partial charge in [0.2, 0.25) is 11.8 Å². The van der Waals surface area contributed by atoms with Crippen LogP contribution < -0.4 is 21.3 Å². The number of phosphoric acid groups is 2. The standard InChI is InChI=1S/C89H168N4O22P2/c1-9-15-21-27-31-35-39-45-51-57-79(112-83(98)59-53-47-41-37-33-29-23-17-11-3)69-81(96)92-75(71-106-65-61-77(94)55-49-43-25-19-13-5)73-110-116(102,103)108-67-63-90-87(100)85-86(115-89(7,8)114-85)88(101)91-64-68-109-117(104,105)111-74-76(72-107-66-62-78(95)56-50-44-26-20-14-6)93-82(97)70-80(58-52-46-40-36-32-28-22-16-10-2)113-84(99)60-54-48-42-38-34-30-24-18-12-4/h37-38,41-42,75-80,85-86,94-95H,9-36,39-40,43-74H2,1-8H3,(H,90,100)(H,91,101)(H,92,96)(H,93,97)(H,102,103)(H,104,105)/b41-37+,42-38+/t75?,76?,77-,78-,79-,80-,85-,86+/m1/s1. The molecular formula is C89H168N4O22P2. The molecule has 8 N–H and O–H groups in total. The van der Waals surface area contributed by atoms with Crippen molar-refractivity contribution in [2.45, 2.75) is 444 Å². The summed E-state index contributed by atoms with van der Waals surface area (Å²) in [6.07, 6.45) is 50.1. The number of allylic oxidation sites excluding steroid dienone is 4. The Bertz CT molecular complexity index is 2460. The van der Waals surface area contributed by atoms with E-state index in [4.69, 9.17) is 46.5 Å². The van der Waals surface area contributed by atoms with Gasteiger partial charge in [0.05, 0.1) is 76.8 Å². The predicted octanol–water partition coefficient (Wildman–Crippen LogP) is 19.1. The average molecular weight is 1710 g/mol.